The molecule has 4 aromatic heterocycles. The number of anilines is 2. The van der Waals surface area contributed by atoms with E-state index in [9.17, 15) is 0 Å². The van der Waals surface area contributed by atoms with Crippen LogP contribution in [0, 0.1) is 0 Å². The molecule has 0 aliphatic carbocycles. The molecule has 8 heteroatoms. The van der Waals surface area contributed by atoms with E-state index in [1.807, 2.05) is 35.2 Å². The lowest BCUT2D eigenvalue weighted by Crippen LogP contribution is -2.18. The summed E-state index contributed by atoms with van der Waals surface area (Å²) in [7, 11) is 0. The average molecular weight is 377 g/mol. The van der Waals surface area contributed by atoms with E-state index in [4.69, 9.17) is 0 Å². The van der Waals surface area contributed by atoms with Crippen LogP contribution in [-0.4, -0.2) is 37.9 Å². The first-order chi connectivity index (χ1) is 13.4. The van der Waals surface area contributed by atoms with Crippen molar-refractivity contribution in [2.75, 3.05) is 23.3 Å². The third-order valence-corrected chi connectivity index (χ3v) is 5.44. The number of hydrogen-bond donors (Lipinski definition) is 1. The second-order valence-electron chi connectivity index (χ2n) is 6.60. The summed E-state index contributed by atoms with van der Waals surface area (Å²) in [6, 6.07) is 10.1. The Kier molecular flexibility index (Phi) is 4.17. The van der Waals surface area contributed by atoms with Gasteiger partial charge in [0.2, 0.25) is 0 Å². The summed E-state index contributed by atoms with van der Waals surface area (Å²) in [5.41, 5.74) is 2.89. The van der Waals surface area contributed by atoms with Crippen molar-refractivity contribution in [3.63, 3.8) is 0 Å². The molecule has 0 unspecified atom stereocenters. The van der Waals surface area contributed by atoms with Gasteiger partial charge < -0.3 is 10.2 Å². The Bertz CT molecular complexity index is 1030. The SMILES string of the molecule is c1cc(-c2nnc3ccc(NCc4ccc(N5CCCC5)nc4)nn23)cs1. The van der Waals surface area contributed by atoms with Gasteiger partial charge in [-0.05, 0) is 48.1 Å². The van der Waals surface area contributed by atoms with Gasteiger partial charge in [-0.15, -0.1) is 15.3 Å². The second-order valence-corrected chi connectivity index (χ2v) is 7.38. The predicted octanol–water partition coefficient (Wildman–Crippen LogP) is 3.46. The van der Waals surface area contributed by atoms with Crippen LogP contribution in [0.15, 0.2) is 47.3 Å². The smallest absolute Gasteiger partial charge is 0.186 e. The molecule has 0 radical (unpaired) electrons. The highest BCUT2D eigenvalue weighted by atomic mass is 32.1. The normalized spacial score (nSPS) is 14.1. The van der Waals surface area contributed by atoms with Crippen molar-refractivity contribution in [1.82, 2.24) is 24.8 Å². The third kappa shape index (κ3) is 3.23. The van der Waals surface area contributed by atoms with Crippen LogP contribution < -0.4 is 10.2 Å². The summed E-state index contributed by atoms with van der Waals surface area (Å²) in [5.74, 6) is 2.61. The summed E-state index contributed by atoms with van der Waals surface area (Å²) < 4.78 is 1.78. The van der Waals surface area contributed by atoms with Crippen LogP contribution in [0.3, 0.4) is 0 Å². The summed E-state index contributed by atoms with van der Waals surface area (Å²) >= 11 is 1.63. The van der Waals surface area contributed by atoms with E-state index in [0.717, 1.165) is 47.3 Å². The van der Waals surface area contributed by atoms with E-state index < -0.39 is 0 Å². The van der Waals surface area contributed by atoms with Gasteiger partial charge in [0.25, 0.3) is 0 Å². The highest BCUT2D eigenvalue weighted by Gasteiger charge is 2.13. The monoisotopic (exact) mass is 377 g/mol. The summed E-state index contributed by atoms with van der Waals surface area (Å²) in [5, 5.41) is 20.5. The maximum atomic E-state index is 4.64. The molecule has 5 rings (SSSR count). The van der Waals surface area contributed by atoms with Crippen LogP contribution in [0.5, 0.6) is 0 Å². The lowest BCUT2D eigenvalue weighted by atomic mass is 10.2. The zero-order valence-electron chi connectivity index (χ0n) is 14.7. The Morgan fingerprint density at radius 1 is 1.04 bits per heavy atom. The molecule has 0 spiro atoms. The minimum Gasteiger partial charge on any atom is -0.364 e. The van der Waals surface area contributed by atoms with E-state index in [1.54, 1.807) is 15.9 Å². The van der Waals surface area contributed by atoms with E-state index in [2.05, 4.69) is 42.6 Å². The van der Waals surface area contributed by atoms with Gasteiger partial charge in [0.05, 0.1) is 0 Å². The van der Waals surface area contributed by atoms with Crippen molar-refractivity contribution < 1.29 is 0 Å². The maximum absolute atomic E-state index is 4.64. The number of rotatable bonds is 5. The van der Waals surface area contributed by atoms with Gasteiger partial charge in [-0.25, -0.2) is 4.98 Å². The predicted molar refractivity (Wildman–Crippen MR) is 107 cm³/mol. The molecule has 0 atom stereocenters. The quantitative estimate of drug-likeness (QED) is 0.574. The molecule has 1 saturated heterocycles. The standard InChI is InChI=1S/C19H19N7S/c1-2-9-25(8-1)17-5-3-14(12-21-17)11-20-16-4-6-18-22-23-19(26(18)24-16)15-7-10-27-13-15/h3-7,10,12-13H,1-2,8-9,11H2,(H,20,24). The number of hydrogen-bond acceptors (Lipinski definition) is 7. The Hall–Kier alpha value is -3.00. The number of nitrogens with zero attached hydrogens (tertiary/aromatic N) is 6. The van der Waals surface area contributed by atoms with Gasteiger partial charge >= 0.3 is 0 Å². The molecular weight excluding hydrogens is 358 g/mol. The van der Waals surface area contributed by atoms with E-state index in [0.29, 0.717) is 6.54 Å². The lowest BCUT2D eigenvalue weighted by Gasteiger charge is -2.16. The first-order valence-electron chi connectivity index (χ1n) is 9.06. The van der Waals surface area contributed by atoms with Crippen LogP contribution >= 0.6 is 11.3 Å². The van der Waals surface area contributed by atoms with Gasteiger partial charge in [-0.3, -0.25) is 0 Å². The molecule has 5 heterocycles. The van der Waals surface area contributed by atoms with Crippen molar-refractivity contribution in [3.05, 3.63) is 52.9 Å². The summed E-state index contributed by atoms with van der Waals surface area (Å²) in [4.78, 5) is 6.94. The minimum absolute atomic E-state index is 0.668. The van der Waals surface area contributed by atoms with Gasteiger partial charge in [0.1, 0.15) is 11.6 Å². The molecule has 0 bridgehead atoms. The molecule has 1 aliphatic heterocycles. The van der Waals surface area contributed by atoms with Crippen molar-refractivity contribution in [2.45, 2.75) is 19.4 Å². The molecule has 0 amide bonds. The Morgan fingerprint density at radius 3 is 2.74 bits per heavy atom. The first kappa shape index (κ1) is 16.2. The third-order valence-electron chi connectivity index (χ3n) is 4.76. The molecular formula is C19H19N7S. The van der Waals surface area contributed by atoms with Crippen molar-refractivity contribution in [2.24, 2.45) is 0 Å². The lowest BCUT2D eigenvalue weighted by molar-refractivity contribution is 0.918. The van der Waals surface area contributed by atoms with E-state index >= 15 is 0 Å². The largest absolute Gasteiger partial charge is 0.364 e. The molecule has 4 aromatic rings. The number of nitrogens with one attached hydrogen (secondary N) is 1. The van der Waals surface area contributed by atoms with Gasteiger partial charge in [-0.1, -0.05) is 6.07 Å². The molecule has 0 saturated carbocycles. The summed E-state index contributed by atoms with van der Waals surface area (Å²) in [6.45, 7) is 2.89. The van der Waals surface area contributed by atoms with Gasteiger partial charge in [0, 0.05) is 36.8 Å². The van der Waals surface area contributed by atoms with Crippen LogP contribution in [0.4, 0.5) is 11.6 Å². The first-order valence-corrected chi connectivity index (χ1v) is 10.00. The topological polar surface area (TPSA) is 71.2 Å². The van der Waals surface area contributed by atoms with Crippen molar-refractivity contribution >= 4 is 28.6 Å². The Labute approximate surface area is 160 Å². The van der Waals surface area contributed by atoms with Crippen LogP contribution in [0.1, 0.15) is 18.4 Å². The zero-order chi connectivity index (χ0) is 18.1. The molecule has 1 aliphatic rings. The Balaban J connectivity index is 1.32. The number of aromatic nitrogens is 5. The van der Waals surface area contributed by atoms with Crippen LogP contribution in [0.25, 0.3) is 17.0 Å². The second kappa shape index (κ2) is 6.96. The Morgan fingerprint density at radius 2 is 1.96 bits per heavy atom. The number of thiophene rings is 1. The van der Waals surface area contributed by atoms with E-state index in [1.165, 1.54) is 12.8 Å². The van der Waals surface area contributed by atoms with E-state index in [-0.39, 0.29) is 0 Å². The average Bonchev–Trinajstić information content (AvgIpc) is 3.47. The van der Waals surface area contributed by atoms with Crippen molar-refractivity contribution in [3.8, 4) is 11.4 Å². The van der Waals surface area contributed by atoms with Gasteiger partial charge in [-0.2, -0.15) is 15.9 Å². The van der Waals surface area contributed by atoms with Crippen LogP contribution in [0.2, 0.25) is 0 Å². The molecule has 1 fully saturated rings. The fraction of sp³-hybridized carbons (Fsp3) is 0.263. The molecule has 1 N–H and O–H groups in total. The highest BCUT2D eigenvalue weighted by Crippen LogP contribution is 2.21. The molecule has 7 nitrogen and oxygen atoms in total. The minimum atomic E-state index is 0.668. The highest BCUT2D eigenvalue weighted by molar-refractivity contribution is 7.08. The molecule has 136 valence electrons. The number of pyridine rings is 1. The van der Waals surface area contributed by atoms with Crippen LogP contribution in [-0.2, 0) is 6.54 Å². The maximum Gasteiger partial charge on any atom is 0.186 e. The molecule has 27 heavy (non-hydrogen) atoms. The van der Waals surface area contributed by atoms with Crippen molar-refractivity contribution in [1.29, 1.82) is 0 Å². The van der Waals surface area contributed by atoms with Gasteiger partial charge in [0.15, 0.2) is 11.5 Å². The fourth-order valence-electron chi connectivity index (χ4n) is 3.30. The number of fused-ring (bicyclic) bond motifs is 1. The molecule has 0 aromatic carbocycles. The summed E-state index contributed by atoms with van der Waals surface area (Å²) in [6.07, 6.45) is 4.46. The fourth-order valence-corrected chi connectivity index (χ4v) is 3.94. The zero-order valence-corrected chi connectivity index (χ0v) is 15.6.